The SMILES string of the molecule is COc1ccc(CSC(=N)N)cc1OC. The van der Waals surface area contributed by atoms with E-state index >= 15 is 0 Å². The quantitative estimate of drug-likeness (QED) is 0.607. The van der Waals surface area contributed by atoms with Gasteiger partial charge in [0.25, 0.3) is 0 Å². The molecule has 0 saturated carbocycles. The zero-order valence-electron chi connectivity index (χ0n) is 8.74. The van der Waals surface area contributed by atoms with Crippen LogP contribution in [0.5, 0.6) is 11.5 Å². The van der Waals surface area contributed by atoms with E-state index in [-0.39, 0.29) is 5.17 Å². The molecule has 82 valence electrons. The van der Waals surface area contributed by atoms with Gasteiger partial charge in [-0.3, -0.25) is 5.41 Å². The van der Waals surface area contributed by atoms with E-state index in [0.29, 0.717) is 17.3 Å². The van der Waals surface area contributed by atoms with E-state index in [1.807, 2.05) is 18.2 Å². The Morgan fingerprint density at radius 1 is 1.33 bits per heavy atom. The second kappa shape index (κ2) is 5.50. The van der Waals surface area contributed by atoms with E-state index in [2.05, 4.69) is 0 Å². The Labute approximate surface area is 93.3 Å². The van der Waals surface area contributed by atoms with Crippen LogP contribution in [0.3, 0.4) is 0 Å². The van der Waals surface area contributed by atoms with Gasteiger partial charge < -0.3 is 15.2 Å². The highest BCUT2D eigenvalue weighted by atomic mass is 32.2. The number of benzene rings is 1. The zero-order valence-corrected chi connectivity index (χ0v) is 9.56. The molecule has 0 unspecified atom stereocenters. The molecule has 0 amide bonds. The number of amidine groups is 1. The van der Waals surface area contributed by atoms with Gasteiger partial charge in [0.2, 0.25) is 0 Å². The molecular formula is C10H14N2O2S. The van der Waals surface area contributed by atoms with Crippen molar-refractivity contribution in [2.75, 3.05) is 14.2 Å². The van der Waals surface area contributed by atoms with E-state index in [1.54, 1.807) is 14.2 Å². The summed E-state index contributed by atoms with van der Waals surface area (Å²) in [7, 11) is 3.20. The molecule has 0 atom stereocenters. The van der Waals surface area contributed by atoms with Gasteiger partial charge in [0.05, 0.1) is 14.2 Å². The standard InChI is InChI=1S/C10H14N2O2S/c1-13-8-4-3-7(5-9(8)14-2)6-15-10(11)12/h3-5H,6H2,1-2H3,(H3,11,12). The van der Waals surface area contributed by atoms with Crippen LogP contribution in [0.2, 0.25) is 0 Å². The van der Waals surface area contributed by atoms with Crippen LogP contribution in [0.15, 0.2) is 18.2 Å². The van der Waals surface area contributed by atoms with Crippen molar-refractivity contribution in [3.63, 3.8) is 0 Å². The number of ether oxygens (including phenoxy) is 2. The number of nitrogens with one attached hydrogen (secondary N) is 1. The number of nitrogens with two attached hydrogens (primary N) is 1. The highest BCUT2D eigenvalue weighted by molar-refractivity contribution is 8.13. The lowest BCUT2D eigenvalue weighted by atomic mass is 10.2. The van der Waals surface area contributed by atoms with E-state index in [0.717, 1.165) is 5.56 Å². The van der Waals surface area contributed by atoms with E-state index in [9.17, 15) is 0 Å². The molecule has 0 aliphatic rings. The van der Waals surface area contributed by atoms with Gasteiger partial charge in [0, 0.05) is 5.75 Å². The first kappa shape index (κ1) is 11.7. The third-order valence-corrected chi connectivity index (χ3v) is 2.63. The molecule has 5 heteroatoms. The smallest absolute Gasteiger partial charge is 0.161 e. The minimum atomic E-state index is 0.116. The lowest BCUT2D eigenvalue weighted by Crippen LogP contribution is -2.03. The van der Waals surface area contributed by atoms with Gasteiger partial charge in [-0.1, -0.05) is 17.8 Å². The number of hydrogen-bond acceptors (Lipinski definition) is 4. The molecule has 3 N–H and O–H groups in total. The Hall–Kier alpha value is -1.36. The minimum absolute atomic E-state index is 0.116. The van der Waals surface area contributed by atoms with Crippen molar-refractivity contribution in [3.8, 4) is 11.5 Å². The summed E-state index contributed by atoms with van der Waals surface area (Å²) in [5.41, 5.74) is 6.31. The van der Waals surface area contributed by atoms with Crippen LogP contribution in [-0.4, -0.2) is 19.4 Å². The maximum atomic E-state index is 7.11. The van der Waals surface area contributed by atoms with E-state index in [1.165, 1.54) is 11.8 Å². The van der Waals surface area contributed by atoms with Crippen molar-refractivity contribution in [2.45, 2.75) is 5.75 Å². The molecule has 0 radical (unpaired) electrons. The topological polar surface area (TPSA) is 68.3 Å². The molecule has 0 spiro atoms. The second-order valence-electron chi connectivity index (χ2n) is 2.84. The fourth-order valence-electron chi connectivity index (χ4n) is 1.13. The number of methoxy groups -OCH3 is 2. The summed E-state index contributed by atoms with van der Waals surface area (Å²) < 4.78 is 10.3. The van der Waals surface area contributed by atoms with Crippen molar-refractivity contribution in [3.05, 3.63) is 23.8 Å². The molecule has 1 aromatic rings. The largest absolute Gasteiger partial charge is 0.493 e. The third kappa shape index (κ3) is 3.36. The van der Waals surface area contributed by atoms with Crippen molar-refractivity contribution in [1.29, 1.82) is 5.41 Å². The Bertz CT molecular complexity index is 355. The van der Waals surface area contributed by atoms with Crippen molar-refractivity contribution >= 4 is 16.9 Å². The monoisotopic (exact) mass is 226 g/mol. The third-order valence-electron chi connectivity index (χ3n) is 1.84. The van der Waals surface area contributed by atoms with Gasteiger partial charge in [0.1, 0.15) is 0 Å². The number of thioether (sulfide) groups is 1. The van der Waals surface area contributed by atoms with Gasteiger partial charge in [-0.2, -0.15) is 0 Å². The molecule has 0 aromatic heterocycles. The molecule has 0 fully saturated rings. The maximum Gasteiger partial charge on any atom is 0.161 e. The van der Waals surface area contributed by atoms with Crippen LogP contribution in [0, 0.1) is 5.41 Å². The van der Waals surface area contributed by atoms with Crippen LogP contribution in [0.1, 0.15) is 5.56 Å². The minimum Gasteiger partial charge on any atom is -0.493 e. The van der Waals surface area contributed by atoms with Crippen LogP contribution in [-0.2, 0) is 5.75 Å². The van der Waals surface area contributed by atoms with Gasteiger partial charge in [-0.25, -0.2) is 0 Å². The summed E-state index contributed by atoms with van der Waals surface area (Å²) in [6.45, 7) is 0. The predicted molar refractivity (Wildman–Crippen MR) is 62.8 cm³/mol. The first-order valence-electron chi connectivity index (χ1n) is 4.35. The molecule has 0 aliphatic heterocycles. The first-order valence-corrected chi connectivity index (χ1v) is 5.33. The molecular weight excluding hydrogens is 212 g/mol. The maximum absolute atomic E-state index is 7.11. The van der Waals surface area contributed by atoms with Crippen LogP contribution >= 0.6 is 11.8 Å². The predicted octanol–water partition coefficient (Wildman–Crippen LogP) is 1.83. The number of rotatable bonds is 4. The summed E-state index contributed by atoms with van der Waals surface area (Å²) in [6.07, 6.45) is 0. The highest BCUT2D eigenvalue weighted by Crippen LogP contribution is 2.28. The lowest BCUT2D eigenvalue weighted by molar-refractivity contribution is 0.354. The van der Waals surface area contributed by atoms with Crippen LogP contribution < -0.4 is 15.2 Å². The first-order chi connectivity index (χ1) is 7.17. The summed E-state index contributed by atoms with van der Waals surface area (Å²) in [5.74, 6) is 2.06. The number of hydrogen-bond donors (Lipinski definition) is 2. The fraction of sp³-hybridized carbons (Fsp3) is 0.300. The normalized spacial score (nSPS) is 9.73. The molecule has 15 heavy (non-hydrogen) atoms. The van der Waals surface area contributed by atoms with Gasteiger partial charge in [-0.05, 0) is 17.7 Å². The molecule has 0 bridgehead atoms. The summed E-state index contributed by atoms with van der Waals surface area (Å²) in [5, 5.41) is 7.22. The van der Waals surface area contributed by atoms with Crippen molar-refractivity contribution in [1.82, 2.24) is 0 Å². The zero-order chi connectivity index (χ0) is 11.3. The van der Waals surface area contributed by atoms with Crippen molar-refractivity contribution < 1.29 is 9.47 Å². The molecule has 0 heterocycles. The van der Waals surface area contributed by atoms with E-state index in [4.69, 9.17) is 20.6 Å². The Balaban J connectivity index is 2.78. The Kier molecular flexibility index (Phi) is 4.30. The van der Waals surface area contributed by atoms with Crippen LogP contribution in [0.25, 0.3) is 0 Å². The summed E-state index contributed by atoms with van der Waals surface area (Å²) in [4.78, 5) is 0. The van der Waals surface area contributed by atoms with Crippen molar-refractivity contribution in [2.24, 2.45) is 5.73 Å². The Morgan fingerprint density at radius 2 is 2.00 bits per heavy atom. The highest BCUT2D eigenvalue weighted by Gasteiger charge is 2.04. The molecule has 1 rings (SSSR count). The molecule has 4 nitrogen and oxygen atoms in total. The fourth-order valence-corrected chi connectivity index (χ4v) is 1.63. The summed E-state index contributed by atoms with van der Waals surface area (Å²) >= 11 is 1.28. The average Bonchev–Trinajstić information content (AvgIpc) is 2.25. The van der Waals surface area contributed by atoms with Gasteiger partial charge in [-0.15, -0.1) is 0 Å². The Morgan fingerprint density at radius 3 is 2.53 bits per heavy atom. The molecule has 0 aliphatic carbocycles. The molecule has 1 aromatic carbocycles. The molecule has 0 saturated heterocycles. The van der Waals surface area contributed by atoms with Crippen LogP contribution in [0.4, 0.5) is 0 Å². The van der Waals surface area contributed by atoms with Gasteiger partial charge >= 0.3 is 0 Å². The average molecular weight is 226 g/mol. The second-order valence-corrected chi connectivity index (χ2v) is 3.86. The summed E-state index contributed by atoms with van der Waals surface area (Å²) in [6, 6.07) is 5.65. The van der Waals surface area contributed by atoms with Gasteiger partial charge in [0.15, 0.2) is 16.7 Å². The lowest BCUT2D eigenvalue weighted by Gasteiger charge is -2.08. The van der Waals surface area contributed by atoms with E-state index < -0.39 is 0 Å².